The maximum atomic E-state index is 13.3. The van der Waals surface area contributed by atoms with Crippen molar-refractivity contribution in [2.24, 2.45) is 5.92 Å². The van der Waals surface area contributed by atoms with Gasteiger partial charge in [0.05, 0.1) is 4.90 Å². The largest absolute Gasteiger partial charge is 0.309 e. The van der Waals surface area contributed by atoms with Crippen LogP contribution in [0.4, 0.5) is 5.69 Å². The van der Waals surface area contributed by atoms with Crippen molar-refractivity contribution in [1.29, 1.82) is 0 Å². The molecule has 6 heteroatoms. The highest BCUT2D eigenvalue weighted by molar-refractivity contribution is 7.89. The van der Waals surface area contributed by atoms with Crippen LogP contribution in [0.1, 0.15) is 57.7 Å². The number of rotatable bonds is 7. The van der Waals surface area contributed by atoms with Crippen LogP contribution in [0.15, 0.2) is 53.4 Å². The molecule has 1 heterocycles. The third kappa shape index (κ3) is 4.38. The SMILES string of the molecule is CCC(CC)C(NS(=O)(=O)c1ccc2c(c1)CC(C)N2C(C)=O)c1ccccc1. The lowest BCUT2D eigenvalue weighted by molar-refractivity contribution is -0.116. The Morgan fingerprint density at radius 2 is 1.79 bits per heavy atom. The molecule has 2 aromatic rings. The molecule has 2 aromatic carbocycles. The minimum Gasteiger partial charge on any atom is -0.309 e. The molecular weight excluding hydrogens is 384 g/mol. The second-order valence-corrected chi connectivity index (χ2v) is 9.53. The first-order valence-electron chi connectivity index (χ1n) is 10.3. The fourth-order valence-corrected chi connectivity index (χ4v) is 5.69. The number of fused-ring (bicyclic) bond motifs is 1. The minimum atomic E-state index is -3.70. The Balaban J connectivity index is 1.94. The summed E-state index contributed by atoms with van der Waals surface area (Å²) in [5, 5.41) is 0. The van der Waals surface area contributed by atoms with E-state index < -0.39 is 10.0 Å². The van der Waals surface area contributed by atoms with Gasteiger partial charge in [0.25, 0.3) is 0 Å². The second kappa shape index (κ2) is 8.67. The number of carbonyl (C=O) groups excluding carboxylic acids is 1. The lowest BCUT2D eigenvalue weighted by atomic mass is 9.90. The first-order valence-corrected chi connectivity index (χ1v) is 11.8. The molecule has 2 unspecified atom stereocenters. The number of nitrogens with zero attached hydrogens (tertiary/aromatic N) is 1. The first kappa shape index (κ1) is 21.5. The molecule has 156 valence electrons. The van der Waals surface area contributed by atoms with Gasteiger partial charge in [0.1, 0.15) is 0 Å². The van der Waals surface area contributed by atoms with Crippen LogP contribution < -0.4 is 9.62 Å². The summed E-state index contributed by atoms with van der Waals surface area (Å²) in [6.07, 6.45) is 2.43. The molecule has 1 aliphatic heterocycles. The van der Waals surface area contributed by atoms with Crippen LogP contribution in [0.2, 0.25) is 0 Å². The number of carbonyl (C=O) groups is 1. The molecular formula is C23H30N2O3S. The molecule has 1 N–H and O–H groups in total. The van der Waals surface area contributed by atoms with E-state index in [1.807, 2.05) is 37.3 Å². The van der Waals surface area contributed by atoms with Crippen molar-refractivity contribution in [2.75, 3.05) is 4.90 Å². The van der Waals surface area contributed by atoms with E-state index >= 15 is 0 Å². The van der Waals surface area contributed by atoms with Crippen molar-refractivity contribution < 1.29 is 13.2 Å². The third-order valence-electron chi connectivity index (χ3n) is 5.88. The van der Waals surface area contributed by atoms with Gasteiger partial charge in [-0.25, -0.2) is 13.1 Å². The quantitative estimate of drug-likeness (QED) is 0.728. The molecule has 1 amide bonds. The van der Waals surface area contributed by atoms with Gasteiger partial charge >= 0.3 is 0 Å². The van der Waals surface area contributed by atoms with Crippen molar-refractivity contribution in [3.05, 3.63) is 59.7 Å². The van der Waals surface area contributed by atoms with Gasteiger partial charge in [-0.2, -0.15) is 0 Å². The zero-order valence-corrected chi connectivity index (χ0v) is 18.4. The Kier molecular flexibility index (Phi) is 6.44. The summed E-state index contributed by atoms with van der Waals surface area (Å²) >= 11 is 0. The van der Waals surface area contributed by atoms with Gasteiger partial charge in [0.15, 0.2) is 0 Å². The van der Waals surface area contributed by atoms with Crippen LogP contribution in [-0.4, -0.2) is 20.4 Å². The summed E-state index contributed by atoms with van der Waals surface area (Å²) in [6, 6.07) is 14.6. The molecule has 5 nitrogen and oxygen atoms in total. The summed E-state index contributed by atoms with van der Waals surface area (Å²) in [5.74, 6) is 0.178. The number of hydrogen-bond acceptors (Lipinski definition) is 3. The zero-order chi connectivity index (χ0) is 21.2. The standard InChI is InChI=1S/C23H30N2O3S/c1-5-18(6-2)23(19-10-8-7-9-11-19)24-29(27,28)21-12-13-22-20(15-21)14-16(3)25(22)17(4)26/h7-13,15-16,18,23-24H,5-6,14H2,1-4H3. The molecule has 3 rings (SSSR count). The van der Waals surface area contributed by atoms with E-state index in [0.29, 0.717) is 6.42 Å². The summed E-state index contributed by atoms with van der Waals surface area (Å²) in [5.41, 5.74) is 2.68. The topological polar surface area (TPSA) is 66.5 Å². The lowest BCUT2D eigenvalue weighted by Crippen LogP contribution is -2.33. The predicted molar refractivity (Wildman–Crippen MR) is 116 cm³/mol. The number of amides is 1. The van der Waals surface area contributed by atoms with E-state index in [9.17, 15) is 13.2 Å². The molecule has 0 radical (unpaired) electrons. The molecule has 2 atom stereocenters. The molecule has 1 aliphatic rings. The number of hydrogen-bond donors (Lipinski definition) is 1. The van der Waals surface area contributed by atoms with Gasteiger partial charge in [-0.05, 0) is 48.6 Å². The molecule has 0 aromatic heterocycles. The highest BCUT2D eigenvalue weighted by Gasteiger charge is 2.31. The number of anilines is 1. The maximum Gasteiger partial charge on any atom is 0.241 e. The van der Waals surface area contributed by atoms with Gasteiger partial charge in [-0.3, -0.25) is 4.79 Å². The lowest BCUT2D eigenvalue weighted by Gasteiger charge is -2.27. The average molecular weight is 415 g/mol. The minimum absolute atomic E-state index is 0.0251. The van der Waals surface area contributed by atoms with Crippen molar-refractivity contribution in [1.82, 2.24) is 4.72 Å². The van der Waals surface area contributed by atoms with Crippen LogP contribution in [0, 0.1) is 5.92 Å². The van der Waals surface area contributed by atoms with Gasteiger partial charge < -0.3 is 4.90 Å². The van der Waals surface area contributed by atoms with Gasteiger partial charge in [0, 0.05) is 24.7 Å². The summed E-state index contributed by atoms with van der Waals surface area (Å²) < 4.78 is 29.5. The maximum absolute atomic E-state index is 13.3. The van der Waals surface area contributed by atoms with Crippen molar-refractivity contribution >= 4 is 21.6 Å². The normalized spacial score (nSPS) is 17.4. The monoisotopic (exact) mass is 414 g/mol. The summed E-state index contributed by atoms with van der Waals surface area (Å²) in [6.45, 7) is 7.70. The Morgan fingerprint density at radius 1 is 1.14 bits per heavy atom. The number of benzene rings is 2. The Labute approximate surface area is 174 Å². The summed E-state index contributed by atoms with van der Waals surface area (Å²) in [4.78, 5) is 13.9. The average Bonchev–Trinajstić information content (AvgIpc) is 3.03. The van der Waals surface area contributed by atoms with E-state index in [-0.39, 0.29) is 28.8 Å². The number of nitrogens with one attached hydrogen (secondary N) is 1. The fraction of sp³-hybridized carbons (Fsp3) is 0.435. The van der Waals surface area contributed by atoms with Gasteiger partial charge in [-0.15, -0.1) is 0 Å². The van der Waals surface area contributed by atoms with Crippen LogP contribution in [0.3, 0.4) is 0 Å². The van der Waals surface area contributed by atoms with Crippen LogP contribution in [-0.2, 0) is 21.2 Å². The predicted octanol–water partition coefficient (Wildman–Crippen LogP) is 4.44. The highest BCUT2D eigenvalue weighted by Crippen LogP contribution is 2.35. The second-order valence-electron chi connectivity index (χ2n) is 7.82. The molecule has 29 heavy (non-hydrogen) atoms. The smallest absolute Gasteiger partial charge is 0.241 e. The molecule has 0 fully saturated rings. The van der Waals surface area contributed by atoms with Crippen molar-refractivity contribution in [2.45, 2.75) is 63.9 Å². The van der Waals surface area contributed by atoms with E-state index in [0.717, 1.165) is 29.7 Å². The highest BCUT2D eigenvalue weighted by atomic mass is 32.2. The number of sulfonamides is 1. The van der Waals surface area contributed by atoms with Crippen molar-refractivity contribution in [3.63, 3.8) is 0 Å². The van der Waals surface area contributed by atoms with Crippen LogP contribution >= 0.6 is 0 Å². The molecule has 0 spiro atoms. The first-order chi connectivity index (χ1) is 13.8. The molecule has 0 aliphatic carbocycles. The van der Waals surface area contributed by atoms with Gasteiger partial charge in [0.2, 0.25) is 15.9 Å². The summed E-state index contributed by atoms with van der Waals surface area (Å²) in [7, 11) is -3.70. The van der Waals surface area contributed by atoms with E-state index in [1.54, 1.807) is 23.1 Å². The van der Waals surface area contributed by atoms with Gasteiger partial charge in [-0.1, -0.05) is 57.0 Å². The van der Waals surface area contributed by atoms with E-state index in [4.69, 9.17) is 0 Å². The fourth-order valence-electron chi connectivity index (χ4n) is 4.35. The van der Waals surface area contributed by atoms with E-state index in [1.165, 1.54) is 6.92 Å². The molecule has 0 bridgehead atoms. The Hall–Kier alpha value is -2.18. The molecule has 0 saturated carbocycles. The third-order valence-corrected chi connectivity index (χ3v) is 7.32. The zero-order valence-electron chi connectivity index (χ0n) is 17.6. The van der Waals surface area contributed by atoms with Crippen LogP contribution in [0.5, 0.6) is 0 Å². The molecule has 0 saturated heterocycles. The van der Waals surface area contributed by atoms with Crippen LogP contribution in [0.25, 0.3) is 0 Å². The van der Waals surface area contributed by atoms with Crippen molar-refractivity contribution in [3.8, 4) is 0 Å². The van der Waals surface area contributed by atoms with E-state index in [2.05, 4.69) is 18.6 Å². The Morgan fingerprint density at radius 3 is 2.38 bits per heavy atom. The Bertz CT molecular complexity index is 969.